The SMILES string of the molecule is O=C(O)N(CCc1cccc2ccccc12)CC1CNCC1c1ccccc1. The van der Waals surface area contributed by atoms with E-state index in [-0.39, 0.29) is 0 Å². The maximum absolute atomic E-state index is 11.9. The fourth-order valence-corrected chi connectivity index (χ4v) is 4.33. The van der Waals surface area contributed by atoms with Crippen LogP contribution in [0.4, 0.5) is 4.79 Å². The van der Waals surface area contributed by atoms with E-state index in [1.54, 1.807) is 4.90 Å². The molecule has 1 saturated heterocycles. The molecule has 0 bridgehead atoms. The van der Waals surface area contributed by atoms with Crippen LogP contribution in [0, 0.1) is 5.92 Å². The van der Waals surface area contributed by atoms with Gasteiger partial charge in [0.15, 0.2) is 0 Å². The van der Waals surface area contributed by atoms with Gasteiger partial charge in [-0.25, -0.2) is 4.79 Å². The Hall–Kier alpha value is -2.85. The average Bonchev–Trinajstić information content (AvgIpc) is 3.20. The van der Waals surface area contributed by atoms with Crippen molar-refractivity contribution in [2.24, 2.45) is 5.92 Å². The van der Waals surface area contributed by atoms with Gasteiger partial charge in [0.1, 0.15) is 0 Å². The zero-order chi connectivity index (χ0) is 19.3. The lowest BCUT2D eigenvalue weighted by Gasteiger charge is -2.26. The second-order valence-electron chi connectivity index (χ2n) is 7.55. The summed E-state index contributed by atoms with van der Waals surface area (Å²) in [6, 6.07) is 25.0. The third-order valence-electron chi connectivity index (χ3n) is 5.82. The van der Waals surface area contributed by atoms with Gasteiger partial charge in [-0.1, -0.05) is 72.8 Å². The third kappa shape index (κ3) is 4.02. The molecule has 2 atom stereocenters. The average molecular weight is 374 g/mol. The molecular formula is C24H26N2O2. The highest BCUT2D eigenvalue weighted by atomic mass is 16.4. The van der Waals surface area contributed by atoms with Gasteiger partial charge in [-0.3, -0.25) is 0 Å². The molecule has 0 saturated carbocycles. The van der Waals surface area contributed by atoms with Gasteiger partial charge in [-0.05, 0) is 34.2 Å². The van der Waals surface area contributed by atoms with Crippen LogP contribution < -0.4 is 5.32 Å². The standard InChI is InChI=1S/C24H26N2O2/c27-24(28)26(14-13-20-11-6-10-18-9-4-5-12-22(18)20)17-21-15-25-16-23(21)19-7-2-1-3-8-19/h1-12,21,23,25H,13-17H2,(H,27,28). The molecular weight excluding hydrogens is 348 g/mol. The molecule has 2 unspecified atom stereocenters. The minimum atomic E-state index is -0.834. The van der Waals surface area contributed by atoms with Crippen LogP contribution in [-0.4, -0.2) is 42.3 Å². The van der Waals surface area contributed by atoms with E-state index in [2.05, 4.69) is 59.9 Å². The summed E-state index contributed by atoms with van der Waals surface area (Å²) in [5.41, 5.74) is 2.49. The Morgan fingerprint density at radius 2 is 1.71 bits per heavy atom. The Labute approximate surface area is 165 Å². The van der Waals surface area contributed by atoms with Gasteiger partial charge in [0.25, 0.3) is 0 Å². The highest BCUT2D eigenvalue weighted by Gasteiger charge is 2.31. The number of nitrogens with zero attached hydrogens (tertiary/aromatic N) is 1. The molecule has 28 heavy (non-hydrogen) atoms. The van der Waals surface area contributed by atoms with Crippen LogP contribution in [0.3, 0.4) is 0 Å². The molecule has 4 heteroatoms. The Bertz CT molecular complexity index is 936. The monoisotopic (exact) mass is 374 g/mol. The van der Waals surface area contributed by atoms with Crippen molar-refractivity contribution in [3.63, 3.8) is 0 Å². The first-order chi connectivity index (χ1) is 13.7. The van der Waals surface area contributed by atoms with Crippen LogP contribution in [-0.2, 0) is 6.42 Å². The summed E-state index contributed by atoms with van der Waals surface area (Å²) in [5.74, 6) is 0.659. The van der Waals surface area contributed by atoms with Gasteiger partial charge in [0.2, 0.25) is 0 Å². The van der Waals surface area contributed by atoms with E-state index in [9.17, 15) is 9.90 Å². The topological polar surface area (TPSA) is 52.6 Å². The van der Waals surface area contributed by atoms with Crippen LogP contribution in [0.25, 0.3) is 10.8 Å². The van der Waals surface area contributed by atoms with Crippen LogP contribution in [0.5, 0.6) is 0 Å². The Balaban J connectivity index is 1.46. The van der Waals surface area contributed by atoms with Gasteiger partial charge < -0.3 is 15.3 Å². The summed E-state index contributed by atoms with van der Waals surface area (Å²) < 4.78 is 0. The van der Waals surface area contributed by atoms with E-state index in [0.29, 0.717) is 24.9 Å². The van der Waals surface area contributed by atoms with Crippen molar-refractivity contribution in [2.45, 2.75) is 12.3 Å². The second-order valence-corrected chi connectivity index (χ2v) is 7.55. The predicted molar refractivity (Wildman–Crippen MR) is 113 cm³/mol. The molecule has 1 amide bonds. The Morgan fingerprint density at radius 3 is 2.54 bits per heavy atom. The van der Waals surface area contributed by atoms with Gasteiger partial charge in [0, 0.05) is 32.1 Å². The van der Waals surface area contributed by atoms with Crippen LogP contribution in [0.1, 0.15) is 17.0 Å². The summed E-state index contributed by atoms with van der Waals surface area (Å²) in [4.78, 5) is 13.5. The molecule has 4 rings (SSSR count). The molecule has 1 aliphatic heterocycles. The van der Waals surface area contributed by atoms with Crippen molar-refractivity contribution < 1.29 is 9.90 Å². The number of nitrogens with one attached hydrogen (secondary N) is 1. The first kappa shape index (κ1) is 18.5. The lowest BCUT2D eigenvalue weighted by Crippen LogP contribution is -2.37. The minimum Gasteiger partial charge on any atom is -0.465 e. The number of fused-ring (bicyclic) bond motifs is 1. The third-order valence-corrected chi connectivity index (χ3v) is 5.82. The molecule has 0 aliphatic carbocycles. The predicted octanol–water partition coefficient (Wildman–Crippen LogP) is 4.37. The number of carboxylic acid groups (broad SMARTS) is 1. The van der Waals surface area contributed by atoms with Gasteiger partial charge >= 0.3 is 6.09 Å². The van der Waals surface area contributed by atoms with Crippen LogP contribution in [0.15, 0.2) is 72.8 Å². The highest BCUT2D eigenvalue weighted by molar-refractivity contribution is 5.85. The lowest BCUT2D eigenvalue weighted by atomic mass is 9.88. The largest absolute Gasteiger partial charge is 0.465 e. The van der Waals surface area contributed by atoms with E-state index < -0.39 is 6.09 Å². The summed E-state index contributed by atoms with van der Waals surface area (Å²) in [6.45, 7) is 2.84. The van der Waals surface area contributed by atoms with Crippen molar-refractivity contribution in [3.8, 4) is 0 Å². The molecule has 144 valence electrons. The zero-order valence-electron chi connectivity index (χ0n) is 15.9. The van der Waals surface area contributed by atoms with Crippen LogP contribution >= 0.6 is 0 Å². The highest BCUT2D eigenvalue weighted by Crippen LogP contribution is 2.29. The number of benzene rings is 3. The van der Waals surface area contributed by atoms with Crippen LogP contribution in [0.2, 0.25) is 0 Å². The number of rotatable bonds is 6. The summed E-state index contributed by atoms with van der Waals surface area (Å²) in [6.07, 6.45) is -0.108. The molecule has 2 N–H and O–H groups in total. The normalized spacial score (nSPS) is 19.0. The van der Waals surface area contributed by atoms with E-state index in [1.807, 2.05) is 18.2 Å². The zero-order valence-corrected chi connectivity index (χ0v) is 15.9. The Kier molecular flexibility index (Phi) is 5.58. The van der Waals surface area contributed by atoms with Gasteiger partial charge in [0.05, 0.1) is 0 Å². The van der Waals surface area contributed by atoms with Gasteiger partial charge in [-0.15, -0.1) is 0 Å². The summed E-state index contributed by atoms with van der Waals surface area (Å²) in [7, 11) is 0. The molecule has 0 aromatic heterocycles. The number of hydrogen-bond acceptors (Lipinski definition) is 2. The van der Waals surface area contributed by atoms with Crippen molar-refractivity contribution in [1.29, 1.82) is 0 Å². The fraction of sp³-hybridized carbons (Fsp3) is 0.292. The van der Waals surface area contributed by atoms with Crippen molar-refractivity contribution in [1.82, 2.24) is 10.2 Å². The molecule has 1 aliphatic rings. The fourth-order valence-electron chi connectivity index (χ4n) is 4.33. The molecule has 0 radical (unpaired) electrons. The second kappa shape index (κ2) is 8.44. The minimum absolute atomic E-state index is 0.297. The van der Waals surface area contributed by atoms with Crippen molar-refractivity contribution in [2.75, 3.05) is 26.2 Å². The molecule has 3 aromatic rings. The van der Waals surface area contributed by atoms with Crippen molar-refractivity contribution in [3.05, 3.63) is 83.9 Å². The first-order valence-electron chi connectivity index (χ1n) is 9.92. The van der Waals surface area contributed by atoms with E-state index in [4.69, 9.17) is 0 Å². The molecule has 3 aromatic carbocycles. The quantitative estimate of drug-likeness (QED) is 0.674. The van der Waals surface area contributed by atoms with E-state index >= 15 is 0 Å². The van der Waals surface area contributed by atoms with E-state index in [1.165, 1.54) is 21.9 Å². The summed E-state index contributed by atoms with van der Waals surface area (Å²) >= 11 is 0. The number of carbonyl (C=O) groups is 1. The lowest BCUT2D eigenvalue weighted by molar-refractivity contribution is 0.137. The first-order valence-corrected chi connectivity index (χ1v) is 9.92. The maximum Gasteiger partial charge on any atom is 0.407 e. The summed E-state index contributed by atoms with van der Waals surface area (Å²) in [5, 5.41) is 15.6. The number of hydrogen-bond donors (Lipinski definition) is 2. The number of amides is 1. The van der Waals surface area contributed by atoms with Gasteiger partial charge in [-0.2, -0.15) is 0 Å². The molecule has 4 nitrogen and oxygen atoms in total. The molecule has 0 spiro atoms. The Morgan fingerprint density at radius 1 is 0.964 bits per heavy atom. The smallest absolute Gasteiger partial charge is 0.407 e. The molecule has 1 heterocycles. The molecule has 1 fully saturated rings. The van der Waals surface area contributed by atoms with E-state index in [0.717, 1.165) is 19.5 Å². The van der Waals surface area contributed by atoms with Crippen molar-refractivity contribution >= 4 is 16.9 Å². The maximum atomic E-state index is 11.9.